The number of guanidine groups is 1. The second-order valence-electron chi connectivity index (χ2n) is 5.28. The summed E-state index contributed by atoms with van der Waals surface area (Å²) in [5.74, 6) is 0.516. The van der Waals surface area contributed by atoms with Gasteiger partial charge >= 0.3 is 6.18 Å². The van der Waals surface area contributed by atoms with E-state index in [4.69, 9.17) is 0 Å². The summed E-state index contributed by atoms with van der Waals surface area (Å²) >= 11 is 1.62. The predicted molar refractivity (Wildman–Crippen MR) is 95.3 cm³/mol. The van der Waals surface area contributed by atoms with Crippen molar-refractivity contribution in [3.63, 3.8) is 0 Å². The van der Waals surface area contributed by atoms with Crippen LogP contribution < -0.4 is 16.0 Å². The Morgan fingerprint density at radius 3 is 2.58 bits per heavy atom. The van der Waals surface area contributed by atoms with Crippen LogP contribution in [0.4, 0.5) is 19.1 Å². The summed E-state index contributed by atoms with van der Waals surface area (Å²) in [5, 5.41) is 9.99. The first-order chi connectivity index (χ1) is 12.3. The maximum atomic E-state index is 12.6. The van der Waals surface area contributed by atoms with Crippen molar-refractivity contribution in [2.24, 2.45) is 4.99 Å². The van der Waals surface area contributed by atoms with Gasteiger partial charge in [0.15, 0.2) is 5.96 Å². The second kappa shape index (κ2) is 8.79. The van der Waals surface area contributed by atoms with E-state index in [1.54, 1.807) is 18.4 Å². The number of alkyl halides is 3. The van der Waals surface area contributed by atoms with Gasteiger partial charge in [0.1, 0.15) is 5.69 Å². The Morgan fingerprint density at radius 2 is 1.96 bits per heavy atom. The van der Waals surface area contributed by atoms with Crippen molar-refractivity contribution in [3.05, 3.63) is 33.5 Å². The minimum Gasteiger partial charge on any atom is -0.355 e. The number of aliphatic imine (C=N–C) groups is 1. The number of aryl methyl sites for hydroxylation is 2. The Bertz CT molecular complexity index is 758. The Kier molecular flexibility index (Phi) is 6.72. The average molecular weight is 387 g/mol. The molecule has 142 valence electrons. The van der Waals surface area contributed by atoms with Crippen LogP contribution >= 0.6 is 11.3 Å². The zero-order valence-corrected chi connectivity index (χ0v) is 15.4. The number of aromatic nitrogens is 3. The molecule has 0 aliphatic heterocycles. The van der Waals surface area contributed by atoms with Gasteiger partial charge in [-0.25, -0.2) is 15.0 Å². The second-order valence-corrected chi connectivity index (χ2v) is 6.57. The van der Waals surface area contributed by atoms with Crippen molar-refractivity contribution in [3.8, 4) is 0 Å². The highest BCUT2D eigenvalue weighted by atomic mass is 32.1. The minimum absolute atomic E-state index is 0.0691. The normalized spacial score (nSPS) is 12.2. The van der Waals surface area contributed by atoms with E-state index in [0.29, 0.717) is 25.6 Å². The van der Waals surface area contributed by atoms with Crippen LogP contribution in [-0.4, -0.2) is 41.0 Å². The molecule has 11 heteroatoms. The van der Waals surface area contributed by atoms with Crippen LogP contribution in [0.15, 0.2) is 17.3 Å². The topological polar surface area (TPSA) is 87.1 Å². The zero-order chi connectivity index (χ0) is 19.2. The maximum absolute atomic E-state index is 12.6. The van der Waals surface area contributed by atoms with Crippen molar-refractivity contribution in [1.82, 2.24) is 25.6 Å². The molecule has 26 heavy (non-hydrogen) atoms. The SMILES string of the molecule is CN=C(NCCNc1nccc(C(F)(F)F)n1)NCc1sc(C)nc1C. The molecule has 2 rings (SSSR count). The fourth-order valence-corrected chi connectivity index (χ4v) is 2.96. The fraction of sp³-hybridized carbons (Fsp3) is 0.467. The lowest BCUT2D eigenvalue weighted by molar-refractivity contribution is -0.141. The summed E-state index contributed by atoms with van der Waals surface area (Å²) < 4.78 is 37.8. The van der Waals surface area contributed by atoms with Crippen LogP contribution in [0.25, 0.3) is 0 Å². The van der Waals surface area contributed by atoms with Crippen LogP contribution in [0.3, 0.4) is 0 Å². The Balaban J connectivity index is 1.77. The summed E-state index contributed by atoms with van der Waals surface area (Å²) in [6.07, 6.45) is -3.41. The number of hydrogen-bond acceptors (Lipinski definition) is 6. The van der Waals surface area contributed by atoms with Crippen LogP contribution in [0.5, 0.6) is 0 Å². The van der Waals surface area contributed by atoms with Gasteiger partial charge in [-0.1, -0.05) is 0 Å². The van der Waals surface area contributed by atoms with Crippen molar-refractivity contribution in [2.75, 3.05) is 25.5 Å². The standard InChI is InChI=1S/C15H20F3N7S/c1-9-11(26-10(2)24-9)8-23-13(19-3)21-6-7-22-14-20-5-4-12(25-14)15(16,17)18/h4-5H,6-8H2,1-3H3,(H2,19,21,23)(H,20,22,25). The number of rotatable bonds is 6. The van der Waals surface area contributed by atoms with Crippen molar-refractivity contribution in [1.29, 1.82) is 0 Å². The third-order valence-corrected chi connectivity index (χ3v) is 4.36. The molecule has 0 saturated carbocycles. The van der Waals surface area contributed by atoms with E-state index in [-0.39, 0.29) is 5.95 Å². The van der Waals surface area contributed by atoms with Gasteiger partial charge in [-0.3, -0.25) is 4.99 Å². The molecule has 2 aromatic rings. The molecule has 0 bridgehead atoms. The van der Waals surface area contributed by atoms with E-state index in [1.807, 2.05) is 13.8 Å². The molecule has 7 nitrogen and oxygen atoms in total. The largest absolute Gasteiger partial charge is 0.433 e. The number of thiazole rings is 1. The third-order valence-electron chi connectivity index (χ3n) is 3.29. The number of hydrogen-bond donors (Lipinski definition) is 3. The molecular formula is C15H20F3N7S. The summed E-state index contributed by atoms with van der Waals surface area (Å²) in [6.45, 7) is 5.27. The molecule has 2 heterocycles. The predicted octanol–water partition coefficient (Wildman–Crippen LogP) is 2.35. The van der Waals surface area contributed by atoms with E-state index < -0.39 is 11.9 Å². The number of anilines is 1. The molecule has 0 radical (unpaired) electrons. The highest BCUT2D eigenvalue weighted by molar-refractivity contribution is 7.11. The fourth-order valence-electron chi connectivity index (χ4n) is 2.08. The van der Waals surface area contributed by atoms with Crippen LogP contribution in [0.1, 0.15) is 21.3 Å². The van der Waals surface area contributed by atoms with E-state index in [1.165, 1.54) is 0 Å². The molecule has 0 unspecified atom stereocenters. The van der Waals surface area contributed by atoms with Crippen molar-refractivity contribution < 1.29 is 13.2 Å². The van der Waals surface area contributed by atoms with Gasteiger partial charge in [0.05, 0.1) is 17.2 Å². The summed E-state index contributed by atoms with van der Waals surface area (Å²) in [7, 11) is 1.64. The molecule has 0 fully saturated rings. The Labute approximate surface area is 153 Å². The summed E-state index contributed by atoms with van der Waals surface area (Å²) in [4.78, 5) is 16.8. The van der Waals surface area contributed by atoms with E-state index >= 15 is 0 Å². The molecule has 0 atom stereocenters. The lowest BCUT2D eigenvalue weighted by atomic mass is 10.4. The highest BCUT2D eigenvalue weighted by Crippen LogP contribution is 2.27. The minimum atomic E-state index is -4.49. The average Bonchev–Trinajstić information content (AvgIpc) is 2.91. The third kappa shape index (κ3) is 5.83. The van der Waals surface area contributed by atoms with Gasteiger partial charge in [-0.2, -0.15) is 13.2 Å². The van der Waals surface area contributed by atoms with Gasteiger partial charge in [-0.05, 0) is 19.9 Å². The smallest absolute Gasteiger partial charge is 0.355 e. The highest BCUT2D eigenvalue weighted by Gasteiger charge is 2.32. The van der Waals surface area contributed by atoms with Crippen LogP contribution in [0.2, 0.25) is 0 Å². The van der Waals surface area contributed by atoms with E-state index in [0.717, 1.165) is 27.8 Å². The van der Waals surface area contributed by atoms with E-state index in [9.17, 15) is 13.2 Å². The first kappa shape index (κ1) is 19.9. The van der Waals surface area contributed by atoms with E-state index in [2.05, 4.69) is 35.9 Å². The molecule has 0 spiro atoms. The Morgan fingerprint density at radius 1 is 1.19 bits per heavy atom. The molecular weight excluding hydrogens is 367 g/mol. The lowest BCUT2D eigenvalue weighted by Gasteiger charge is -2.12. The summed E-state index contributed by atoms with van der Waals surface area (Å²) in [6, 6.07) is 0.832. The van der Waals surface area contributed by atoms with Crippen LogP contribution in [0, 0.1) is 13.8 Å². The van der Waals surface area contributed by atoms with Gasteiger partial charge in [-0.15, -0.1) is 11.3 Å². The molecule has 0 aliphatic rings. The Hall–Kier alpha value is -2.43. The molecule has 0 aromatic carbocycles. The van der Waals surface area contributed by atoms with Gasteiger partial charge in [0.2, 0.25) is 5.95 Å². The van der Waals surface area contributed by atoms with Crippen LogP contribution in [-0.2, 0) is 12.7 Å². The van der Waals surface area contributed by atoms with Gasteiger partial charge < -0.3 is 16.0 Å². The van der Waals surface area contributed by atoms with Crippen molar-refractivity contribution >= 4 is 23.2 Å². The quantitative estimate of drug-likeness (QED) is 0.401. The monoisotopic (exact) mass is 387 g/mol. The first-order valence-corrected chi connectivity index (χ1v) is 8.62. The van der Waals surface area contributed by atoms with Gasteiger partial charge in [0.25, 0.3) is 0 Å². The molecule has 0 saturated heterocycles. The molecule has 3 N–H and O–H groups in total. The zero-order valence-electron chi connectivity index (χ0n) is 14.6. The first-order valence-electron chi connectivity index (χ1n) is 7.81. The number of nitrogens with zero attached hydrogens (tertiary/aromatic N) is 4. The number of nitrogens with one attached hydrogen (secondary N) is 3. The lowest BCUT2D eigenvalue weighted by Crippen LogP contribution is -2.39. The van der Waals surface area contributed by atoms with Gasteiger partial charge in [0, 0.05) is 31.2 Å². The number of halogens is 3. The molecule has 0 amide bonds. The molecule has 2 aromatic heterocycles. The molecule has 0 aliphatic carbocycles. The summed E-state index contributed by atoms with van der Waals surface area (Å²) in [5.41, 5.74) is 0.00877. The maximum Gasteiger partial charge on any atom is 0.433 e. The van der Waals surface area contributed by atoms with Crippen molar-refractivity contribution in [2.45, 2.75) is 26.6 Å².